The third-order valence-corrected chi connectivity index (χ3v) is 5.25. The van der Waals surface area contributed by atoms with Gasteiger partial charge in [0, 0.05) is 6.54 Å². The van der Waals surface area contributed by atoms with Gasteiger partial charge in [0.25, 0.3) is 0 Å². The van der Waals surface area contributed by atoms with Crippen molar-refractivity contribution in [3.05, 3.63) is 48.4 Å². The molecule has 3 aromatic rings. The minimum Gasteiger partial charge on any atom is -0.465 e. The van der Waals surface area contributed by atoms with Gasteiger partial charge >= 0.3 is 0 Å². The van der Waals surface area contributed by atoms with Gasteiger partial charge in [-0.15, -0.1) is 0 Å². The van der Waals surface area contributed by atoms with Crippen molar-refractivity contribution in [2.45, 2.75) is 12.6 Å². The van der Waals surface area contributed by atoms with Gasteiger partial charge in [-0.25, -0.2) is 9.98 Å². The lowest BCUT2D eigenvalue weighted by atomic mass is 10.2. The zero-order valence-electron chi connectivity index (χ0n) is 16.2. The summed E-state index contributed by atoms with van der Waals surface area (Å²) in [5.74, 6) is 2.60. The molecule has 0 radical (unpaired) electrons. The first kappa shape index (κ1) is 17.3. The standard InChI is InChI=1S/C20H25N7O/c1-24(2)10-6-11-25-13-21-19-23-18(17-9-5-12-28-17)27-16-8-4-3-7-15(16)22-20(27)26(19)14-25/h3-5,7-9,12,18H,6,10-11,13-14H2,1-2H3,(H,21,23)/t18-/m0/s1. The zero-order chi connectivity index (χ0) is 19.1. The molecule has 28 heavy (non-hydrogen) atoms. The number of anilines is 1. The summed E-state index contributed by atoms with van der Waals surface area (Å²) >= 11 is 0. The van der Waals surface area contributed by atoms with Crippen LogP contribution in [0.5, 0.6) is 0 Å². The Morgan fingerprint density at radius 3 is 2.93 bits per heavy atom. The summed E-state index contributed by atoms with van der Waals surface area (Å²) in [6.45, 7) is 3.54. The highest BCUT2D eigenvalue weighted by Crippen LogP contribution is 2.33. The summed E-state index contributed by atoms with van der Waals surface area (Å²) < 4.78 is 7.93. The summed E-state index contributed by atoms with van der Waals surface area (Å²) in [5, 5.41) is 3.56. The van der Waals surface area contributed by atoms with E-state index in [1.54, 1.807) is 6.26 Å². The molecule has 2 aliphatic heterocycles. The fraction of sp³-hybridized carbons (Fsp3) is 0.400. The van der Waals surface area contributed by atoms with E-state index in [4.69, 9.17) is 14.4 Å². The predicted molar refractivity (Wildman–Crippen MR) is 109 cm³/mol. The maximum Gasteiger partial charge on any atom is 0.216 e. The number of para-hydroxylation sites is 2. The minimum atomic E-state index is -0.160. The van der Waals surface area contributed by atoms with E-state index in [0.717, 1.165) is 54.9 Å². The Morgan fingerprint density at radius 1 is 1.21 bits per heavy atom. The number of hydrogen-bond donors (Lipinski definition) is 1. The molecule has 1 aromatic carbocycles. The molecule has 8 nitrogen and oxygen atoms in total. The molecular weight excluding hydrogens is 354 g/mol. The summed E-state index contributed by atoms with van der Waals surface area (Å²) in [6.07, 6.45) is 2.66. The Bertz CT molecular complexity index is 991. The van der Waals surface area contributed by atoms with E-state index >= 15 is 0 Å². The molecule has 0 amide bonds. The number of guanidine groups is 1. The maximum absolute atomic E-state index is 5.72. The van der Waals surface area contributed by atoms with Gasteiger partial charge in [-0.1, -0.05) is 12.1 Å². The van der Waals surface area contributed by atoms with E-state index in [1.807, 2.05) is 24.3 Å². The molecule has 1 atom stereocenters. The molecule has 8 heteroatoms. The average Bonchev–Trinajstić information content (AvgIpc) is 3.35. The third kappa shape index (κ3) is 2.94. The molecular formula is C20H25N7O. The van der Waals surface area contributed by atoms with Crippen LogP contribution in [-0.4, -0.2) is 65.8 Å². The summed E-state index contributed by atoms with van der Waals surface area (Å²) in [5.41, 5.74) is 2.05. The second kappa shape index (κ2) is 6.96. The smallest absolute Gasteiger partial charge is 0.216 e. The lowest BCUT2D eigenvalue weighted by molar-refractivity contribution is 0.252. The molecule has 0 saturated carbocycles. The second-order valence-corrected chi connectivity index (χ2v) is 7.58. The molecule has 4 heterocycles. The molecule has 0 fully saturated rings. The molecule has 0 aliphatic carbocycles. The number of aromatic nitrogens is 2. The number of nitrogens with one attached hydrogen (secondary N) is 1. The van der Waals surface area contributed by atoms with Gasteiger partial charge in [-0.05, 0) is 51.3 Å². The van der Waals surface area contributed by atoms with E-state index < -0.39 is 0 Å². The fourth-order valence-corrected chi connectivity index (χ4v) is 3.91. The lowest BCUT2D eigenvalue weighted by Gasteiger charge is -2.41. The van der Waals surface area contributed by atoms with E-state index in [2.05, 4.69) is 50.8 Å². The van der Waals surface area contributed by atoms with E-state index in [-0.39, 0.29) is 6.17 Å². The average molecular weight is 379 g/mol. The highest BCUT2D eigenvalue weighted by Gasteiger charge is 2.36. The number of nitrogens with zero attached hydrogens (tertiary/aromatic N) is 6. The summed E-state index contributed by atoms with van der Waals surface area (Å²) in [4.78, 5) is 16.5. The van der Waals surface area contributed by atoms with Crippen molar-refractivity contribution in [2.75, 3.05) is 45.4 Å². The van der Waals surface area contributed by atoms with Crippen LogP contribution in [0.1, 0.15) is 18.3 Å². The minimum absolute atomic E-state index is 0.160. The van der Waals surface area contributed by atoms with Gasteiger partial charge in [0.2, 0.25) is 11.9 Å². The topological polar surface area (TPSA) is 65.1 Å². The summed E-state index contributed by atoms with van der Waals surface area (Å²) in [7, 11) is 4.22. The van der Waals surface area contributed by atoms with Crippen LogP contribution in [0.4, 0.5) is 5.95 Å². The van der Waals surface area contributed by atoms with E-state index in [9.17, 15) is 0 Å². The lowest BCUT2D eigenvalue weighted by Crippen LogP contribution is -2.57. The molecule has 2 aromatic heterocycles. The first-order valence-electron chi connectivity index (χ1n) is 9.67. The highest BCUT2D eigenvalue weighted by atomic mass is 16.3. The molecule has 0 spiro atoms. The zero-order valence-corrected chi connectivity index (χ0v) is 16.2. The molecule has 5 rings (SSSR count). The highest BCUT2D eigenvalue weighted by molar-refractivity contribution is 5.98. The Balaban J connectivity index is 1.51. The van der Waals surface area contributed by atoms with Crippen molar-refractivity contribution in [3.63, 3.8) is 0 Å². The van der Waals surface area contributed by atoms with Gasteiger partial charge in [0.05, 0.1) is 30.6 Å². The quantitative estimate of drug-likeness (QED) is 0.733. The number of benzene rings is 1. The number of aliphatic imine (C=N–C) groups is 1. The number of hydrogen-bond acceptors (Lipinski definition) is 7. The van der Waals surface area contributed by atoms with Crippen LogP contribution < -0.4 is 10.2 Å². The van der Waals surface area contributed by atoms with Crippen LogP contribution in [-0.2, 0) is 0 Å². The van der Waals surface area contributed by atoms with Crippen LogP contribution in [0.3, 0.4) is 0 Å². The van der Waals surface area contributed by atoms with Crippen molar-refractivity contribution in [2.24, 2.45) is 4.99 Å². The number of furan rings is 1. The SMILES string of the molecule is CN(C)CCCN1CN=C2N[C@H](c3ccco3)n3c(nc4ccccc43)N2C1. The molecule has 146 valence electrons. The van der Waals surface area contributed by atoms with Crippen LogP contribution in [0, 0.1) is 0 Å². The van der Waals surface area contributed by atoms with Crippen LogP contribution in [0.2, 0.25) is 0 Å². The first-order valence-corrected chi connectivity index (χ1v) is 9.67. The van der Waals surface area contributed by atoms with Gasteiger partial charge < -0.3 is 14.6 Å². The molecule has 1 N–H and O–H groups in total. The second-order valence-electron chi connectivity index (χ2n) is 7.58. The number of imidazole rings is 1. The van der Waals surface area contributed by atoms with Crippen molar-refractivity contribution >= 4 is 22.9 Å². The monoisotopic (exact) mass is 379 g/mol. The molecule has 0 bridgehead atoms. The molecule has 2 aliphatic rings. The normalized spacial score (nSPS) is 19.5. The van der Waals surface area contributed by atoms with Crippen molar-refractivity contribution < 1.29 is 4.42 Å². The van der Waals surface area contributed by atoms with Crippen LogP contribution in [0.15, 0.2) is 52.1 Å². The van der Waals surface area contributed by atoms with Crippen molar-refractivity contribution in [3.8, 4) is 0 Å². The Morgan fingerprint density at radius 2 is 2.11 bits per heavy atom. The fourth-order valence-electron chi connectivity index (χ4n) is 3.91. The van der Waals surface area contributed by atoms with Crippen LogP contribution >= 0.6 is 0 Å². The predicted octanol–water partition coefficient (Wildman–Crippen LogP) is 2.12. The number of rotatable bonds is 5. The van der Waals surface area contributed by atoms with Gasteiger partial charge in [0.15, 0.2) is 6.17 Å². The molecule has 0 unspecified atom stereocenters. The Kier molecular flexibility index (Phi) is 4.29. The maximum atomic E-state index is 5.72. The van der Waals surface area contributed by atoms with Crippen molar-refractivity contribution in [1.29, 1.82) is 0 Å². The Labute approximate surface area is 164 Å². The summed E-state index contributed by atoms with van der Waals surface area (Å²) in [6, 6.07) is 12.1. The van der Waals surface area contributed by atoms with Crippen LogP contribution in [0.25, 0.3) is 11.0 Å². The Hall–Kier alpha value is -2.84. The van der Waals surface area contributed by atoms with Gasteiger partial charge in [-0.2, -0.15) is 0 Å². The third-order valence-electron chi connectivity index (χ3n) is 5.25. The molecule has 0 saturated heterocycles. The number of fused-ring (bicyclic) bond motifs is 5. The van der Waals surface area contributed by atoms with E-state index in [1.165, 1.54) is 0 Å². The van der Waals surface area contributed by atoms with Crippen molar-refractivity contribution in [1.82, 2.24) is 24.7 Å². The van der Waals surface area contributed by atoms with E-state index in [0.29, 0.717) is 6.67 Å². The largest absolute Gasteiger partial charge is 0.465 e. The van der Waals surface area contributed by atoms with Gasteiger partial charge in [-0.3, -0.25) is 14.4 Å². The first-order chi connectivity index (χ1) is 13.7. The van der Waals surface area contributed by atoms with Gasteiger partial charge in [0.1, 0.15) is 5.76 Å².